The Hall–Kier alpha value is -2.84. The van der Waals surface area contributed by atoms with Gasteiger partial charge in [-0.1, -0.05) is 28.1 Å². The molecule has 0 atom stereocenters. The molecule has 3 amide bonds. The van der Waals surface area contributed by atoms with Crippen LogP contribution in [-0.2, 0) is 4.79 Å². The van der Waals surface area contributed by atoms with Gasteiger partial charge in [0.15, 0.2) is 0 Å². The zero-order valence-electron chi connectivity index (χ0n) is 15.4. The van der Waals surface area contributed by atoms with Gasteiger partial charge in [0.1, 0.15) is 0 Å². The molecule has 1 aliphatic heterocycles. The molecule has 2 aromatic carbocycles. The predicted octanol–water partition coefficient (Wildman–Crippen LogP) is 4.51. The highest BCUT2D eigenvalue weighted by Crippen LogP contribution is 2.26. The van der Waals surface area contributed by atoms with Crippen LogP contribution in [0.5, 0.6) is 0 Å². The largest absolute Gasteiger partial charge is 0.326 e. The van der Waals surface area contributed by atoms with Crippen LogP contribution < -0.4 is 5.32 Å². The maximum Gasteiger partial charge on any atom is 0.261 e. The normalized spacial score (nSPS) is 13.0. The molecule has 0 aliphatic carbocycles. The van der Waals surface area contributed by atoms with Crippen LogP contribution in [0.4, 0.5) is 5.69 Å². The number of hydrogen-bond acceptors (Lipinski definition) is 5. The van der Waals surface area contributed by atoms with E-state index in [-0.39, 0.29) is 30.7 Å². The highest BCUT2D eigenvalue weighted by Gasteiger charge is 2.35. The van der Waals surface area contributed by atoms with Crippen molar-refractivity contribution in [3.8, 4) is 11.3 Å². The molecular formula is C21H16BrN3O3S. The number of benzene rings is 2. The second-order valence-corrected chi connectivity index (χ2v) is 8.56. The first-order valence-corrected chi connectivity index (χ1v) is 10.6. The minimum Gasteiger partial charge on any atom is -0.326 e. The van der Waals surface area contributed by atoms with E-state index in [1.165, 1.54) is 0 Å². The monoisotopic (exact) mass is 469 g/mol. The van der Waals surface area contributed by atoms with E-state index < -0.39 is 0 Å². The zero-order chi connectivity index (χ0) is 20.5. The van der Waals surface area contributed by atoms with Gasteiger partial charge in [-0.25, -0.2) is 4.98 Å². The summed E-state index contributed by atoms with van der Waals surface area (Å²) in [6.45, 7) is 1.99. The molecule has 1 aliphatic rings. The molecule has 0 saturated heterocycles. The molecule has 1 aromatic heterocycles. The summed E-state index contributed by atoms with van der Waals surface area (Å²) in [6.07, 6.45) is 0.0275. The number of nitrogens with one attached hydrogen (secondary N) is 1. The average Bonchev–Trinajstić information content (AvgIpc) is 3.23. The van der Waals surface area contributed by atoms with Gasteiger partial charge < -0.3 is 5.32 Å². The molecule has 1 N–H and O–H groups in total. The van der Waals surface area contributed by atoms with Crippen LogP contribution in [0.2, 0.25) is 0 Å². The summed E-state index contributed by atoms with van der Waals surface area (Å²) in [5.74, 6) is -1.00. The van der Waals surface area contributed by atoms with Gasteiger partial charge >= 0.3 is 0 Å². The molecule has 2 heterocycles. The highest BCUT2D eigenvalue weighted by molar-refractivity contribution is 9.10. The molecule has 146 valence electrons. The van der Waals surface area contributed by atoms with Crippen molar-refractivity contribution in [3.05, 3.63) is 68.5 Å². The maximum atomic E-state index is 12.5. The summed E-state index contributed by atoms with van der Waals surface area (Å²) in [4.78, 5) is 42.7. The van der Waals surface area contributed by atoms with E-state index in [0.717, 1.165) is 25.6 Å². The van der Waals surface area contributed by atoms with Crippen molar-refractivity contribution in [1.29, 1.82) is 0 Å². The Morgan fingerprint density at radius 2 is 1.83 bits per heavy atom. The van der Waals surface area contributed by atoms with Gasteiger partial charge in [-0.15, -0.1) is 11.3 Å². The van der Waals surface area contributed by atoms with Crippen molar-refractivity contribution in [1.82, 2.24) is 9.88 Å². The summed E-state index contributed by atoms with van der Waals surface area (Å²) in [5, 5.41) is 5.78. The fraction of sp³-hybridized carbons (Fsp3) is 0.143. The zero-order valence-corrected chi connectivity index (χ0v) is 17.8. The number of amides is 3. The minimum atomic E-state index is -0.373. The van der Waals surface area contributed by atoms with Crippen LogP contribution in [0.3, 0.4) is 0 Å². The third kappa shape index (κ3) is 3.99. The van der Waals surface area contributed by atoms with Crippen molar-refractivity contribution in [2.45, 2.75) is 13.3 Å². The van der Waals surface area contributed by atoms with E-state index in [9.17, 15) is 14.4 Å². The Morgan fingerprint density at radius 3 is 2.52 bits per heavy atom. The van der Waals surface area contributed by atoms with Gasteiger partial charge in [-0.05, 0) is 37.3 Å². The third-order valence-corrected chi connectivity index (χ3v) is 5.85. The summed E-state index contributed by atoms with van der Waals surface area (Å²) in [5.41, 5.74) is 3.26. The first kappa shape index (κ1) is 19.5. The highest BCUT2D eigenvalue weighted by atomic mass is 79.9. The predicted molar refractivity (Wildman–Crippen MR) is 115 cm³/mol. The van der Waals surface area contributed by atoms with Crippen molar-refractivity contribution < 1.29 is 14.4 Å². The molecule has 0 radical (unpaired) electrons. The Labute approximate surface area is 179 Å². The lowest BCUT2D eigenvalue weighted by molar-refractivity contribution is -0.116. The number of carbonyl (C=O) groups excluding carboxylic acids is 3. The molecule has 0 bridgehead atoms. The Balaban J connectivity index is 1.36. The Morgan fingerprint density at radius 1 is 1.10 bits per heavy atom. The van der Waals surface area contributed by atoms with Crippen molar-refractivity contribution in [3.63, 3.8) is 0 Å². The van der Waals surface area contributed by atoms with Gasteiger partial charge in [-0.3, -0.25) is 19.3 Å². The summed E-state index contributed by atoms with van der Waals surface area (Å²) < 4.78 is 0.730. The second kappa shape index (κ2) is 7.88. The number of anilines is 1. The molecule has 0 unspecified atom stereocenters. The number of aryl methyl sites for hydroxylation is 1. The van der Waals surface area contributed by atoms with E-state index >= 15 is 0 Å². The average molecular weight is 470 g/mol. The van der Waals surface area contributed by atoms with E-state index in [1.54, 1.807) is 41.7 Å². The number of imide groups is 1. The summed E-state index contributed by atoms with van der Waals surface area (Å²) >= 11 is 4.89. The van der Waals surface area contributed by atoms with Gasteiger partial charge in [0.05, 0.1) is 21.8 Å². The quantitative estimate of drug-likeness (QED) is 0.557. The van der Waals surface area contributed by atoms with Gasteiger partial charge in [0, 0.05) is 34.1 Å². The fourth-order valence-electron chi connectivity index (χ4n) is 3.12. The van der Waals surface area contributed by atoms with Gasteiger partial charge in [0.2, 0.25) is 5.91 Å². The lowest BCUT2D eigenvalue weighted by Gasteiger charge is -2.13. The maximum absolute atomic E-state index is 12.5. The first-order valence-electron chi connectivity index (χ1n) is 8.90. The summed E-state index contributed by atoms with van der Waals surface area (Å²) in [7, 11) is 0. The topological polar surface area (TPSA) is 79.4 Å². The van der Waals surface area contributed by atoms with E-state index in [2.05, 4.69) is 26.2 Å². The van der Waals surface area contributed by atoms with Gasteiger partial charge in [0.25, 0.3) is 11.8 Å². The van der Waals surface area contributed by atoms with Crippen LogP contribution in [-0.4, -0.2) is 34.2 Å². The van der Waals surface area contributed by atoms with E-state index in [4.69, 9.17) is 0 Å². The molecule has 8 heteroatoms. The van der Waals surface area contributed by atoms with Crippen LogP contribution in [0.1, 0.15) is 32.1 Å². The van der Waals surface area contributed by atoms with E-state index in [1.807, 2.05) is 24.4 Å². The van der Waals surface area contributed by atoms with Crippen LogP contribution in [0, 0.1) is 6.92 Å². The Bertz CT molecular complexity index is 1120. The first-order chi connectivity index (χ1) is 13.9. The molecule has 0 fully saturated rings. The second-order valence-electron chi connectivity index (χ2n) is 6.58. The SMILES string of the molecule is Cc1nc(-c2ccc(NC(=O)CCN3C(=O)c4ccc(Br)cc4C3=O)cc2)cs1. The van der Waals surface area contributed by atoms with Crippen LogP contribution >= 0.6 is 27.3 Å². The molecular weight excluding hydrogens is 454 g/mol. The number of halogens is 1. The smallest absolute Gasteiger partial charge is 0.261 e. The van der Waals surface area contributed by atoms with Crippen molar-refractivity contribution in [2.75, 3.05) is 11.9 Å². The Kier molecular flexibility index (Phi) is 5.29. The number of hydrogen-bond donors (Lipinski definition) is 1. The lowest BCUT2D eigenvalue weighted by Crippen LogP contribution is -2.32. The van der Waals surface area contributed by atoms with Gasteiger partial charge in [-0.2, -0.15) is 0 Å². The number of fused-ring (bicyclic) bond motifs is 1. The van der Waals surface area contributed by atoms with Crippen molar-refractivity contribution in [2.24, 2.45) is 0 Å². The minimum absolute atomic E-state index is 0.0275. The lowest BCUT2D eigenvalue weighted by atomic mass is 10.1. The molecule has 4 rings (SSSR count). The molecule has 29 heavy (non-hydrogen) atoms. The number of nitrogens with zero attached hydrogens (tertiary/aromatic N) is 2. The van der Waals surface area contributed by atoms with Crippen LogP contribution in [0.15, 0.2) is 52.3 Å². The van der Waals surface area contributed by atoms with Crippen LogP contribution in [0.25, 0.3) is 11.3 Å². The standard InChI is InChI=1S/C21H16BrN3O3S/c1-12-23-18(11-29-12)13-2-5-15(6-3-13)24-19(26)8-9-25-20(27)16-7-4-14(22)10-17(16)21(25)28/h2-7,10-11H,8-9H2,1H3,(H,24,26). The third-order valence-electron chi connectivity index (χ3n) is 4.58. The molecule has 6 nitrogen and oxygen atoms in total. The fourth-order valence-corrected chi connectivity index (χ4v) is 4.11. The molecule has 3 aromatic rings. The van der Waals surface area contributed by atoms with E-state index in [0.29, 0.717) is 16.8 Å². The van der Waals surface area contributed by atoms with Crippen molar-refractivity contribution >= 4 is 50.7 Å². The number of aromatic nitrogens is 1. The number of carbonyl (C=O) groups is 3. The number of thiazole rings is 1. The molecule has 0 saturated carbocycles. The number of rotatable bonds is 5. The molecule has 0 spiro atoms. The summed E-state index contributed by atoms with van der Waals surface area (Å²) in [6, 6.07) is 12.4.